The molecule has 0 saturated carbocycles. The van der Waals surface area contributed by atoms with E-state index >= 15 is 0 Å². The number of aryl methyl sites for hydroxylation is 1. The molecule has 4 heteroatoms. The first kappa shape index (κ1) is 17.0. The molecule has 2 aliphatic rings. The van der Waals surface area contributed by atoms with Gasteiger partial charge in [0.15, 0.2) is 0 Å². The first-order chi connectivity index (χ1) is 13.9. The molecule has 2 aromatic heterocycles. The maximum absolute atomic E-state index is 4.37. The molecule has 0 saturated heterocycles. The molecule has 0 spiro atoms. The van der Waals surface area contributed by atoms with E-state index in [1.165, 1.54) is 48.2 Å². The Bertz CT molecular complexity index is 1050. The number of aromatic nitrogens is 2. The summed E-state index contributed by atoms with van der Waals surface area (Å²) < 4.78 is 0. The normalized spacial score (nSPS) is 14.9. The van der Waals surface area contributed by atoms with Crippen molar-refractivity contribution in [2.75, 3.05) is 23.7 Å². The molecule has 0 aliphatic carbocycles. The van der Waals surface area contributed by atoms with Crippen LogP contribution in [-0.2, 0) is 12.8 Å². The van der Waals surface area contributed by atoms with E-state index in [1.54, 1.807) is 6.20 Å². The van der Waals surface area contributed by atoms with E-state index in [4.69, 9.17) is 0 Å². The lowest BCUT2D eigenvalue weighted by molar-refractivity contribution is 0.795. The zero-order valence-corrected chi connectivity index (χ0v) is 15.9. The van der Waals surface area contributed by atoms with Crippen molar-refractivity contribution < 1.29 is 0 Å². The lowest BCUT2D eigenvalue weighted by Gasteiger charge is -2.26. The third kappa shape index (κ3) is 3.15. The molecule has 0 radical (unpaired) electrons. The summed E-state index contributed by atoms with van der Waals surface area (Å²) in [5.74, 6) is 0. The predicted molar refractivity (Wildman–Crippen MR) is 117 cm³/mol. The van der Waals surface area contributed by atoms with Crippen LogP contribution in [0.2, 0.25) is 0 Å². The van der Waals surface area contributed by atoms with Crippen LogP contribution in [0.5, 0.6) is 0 Å². The molecule has 0 bridgehead atoms. The van der Waals surface area contributed by atoms with Gasteiger partial charge >= 0.3 is 0 Å². The number of benzene rings is 2. The van der Waals surface area contributed by atoms with E-state index in [2.05, 4.69) is 50.9 Å². The predicted octanol–water partition coefficient (Wildman–Crippen LogP) is 5.19. The van der Waals surface area contributed by atoms with Gasteiger partial charge in [-0.2, -0.15) is 0 Å². The largest absolute Gasteiger partial charge is 0.385 e. The summed E-state index contributed by atoms with van der Waals surface area (Å²) in [5.41, 5.74) is 7.84. The number of pyridine rings is 2. The maximum Gasteiger partial charge on any atom is 0.0795 e. The molecule has 2 aromatic carbocycles. The van der Waals surface area contributed by atoms with Gasteiger partial charge in [-0.25, -0.2) is 0 Å². The van der Waals surface area contributed by atoms with Gasteiger partial charge in [-0.3, -0.25) is 9.97 Å². The maximum atomic E-state index is 4.37. The molecular formula is C24H24N4. The van der Waals surface area contributed by atoms with Gasteiger partial charge in [0.2, 0.25) is 0 Å². The Hall–Kier alpha value is -3.14. The fourth-order valence-corrected chi connectivity index (χ4v) is 4.23. The highest BCUT2D eigenvalue weighted by Gasteiger charge is 2.17. The molecule has 4 aromatic rings. The van der Waals surface area contributed by atoms with Crippen LogP contribution in [0.15, 0.2) is 60.9 Å². The second-order valence-electron chi connectivity index (χ2n) is 7.40. The van der Waals surface area contributed by atoms with Gasteiger partial charge in [-0.15, -0.1) is 0 Å². The molecule has 0 fully saturated rings. The van der Waals surface area contributed by atoms with Crippen molar-refractivity contribution in [2.45, 2.75) is 25.7 Å². The van der Waals surface area contributed by atoms with Crippen molar-refractivity contribution in [1.29, 1.82) is 0 Å². The summed E-state index contributed by atoms with van der Waals surface area (Å²) >= 11 is 0. The van der Waals surface area contributed by atoms with E-state index in [1.807, 2.05) is 24.4 Å². The summed E-state index contributed by atoms with van der Waals surface area (Å²) in [7, 11) is 0. The molecule has 0 atom stereocenters. The number of hydrogen-bond acceptors (Lipinski definition) is 4. The van der Waals surface area contributed by atoms with Gasteiger partial charge < -0.3 is 10.6 Å². The molecule has 0 unspecified atom stereocenters. The quantitative estimate of drug-likeness (QED) is 0.420. The monoisotopic (exact) mass is 368 g/mol. The molecule has 4 nitrogen and oxygen atoms in total. The lowest BCUT2D eigenvalue weighted by atomic mass is 9.94. The van der Waals surface area contributed by atoms with E-state index in [0.717, 1.165) is 34.9 Å². The Kier molecular flexibility index (Phi) is 4.53. The number of hydrogen-bond donors (Lipinski definition) is 2. The van der Waals surface area contributed by atoms with Crippen LogP contribution in [0.3, 0.4) is 0 Å². The van der Waals surface area contributed by atoms with Crippen LogP contribution in [0.25, 0.3) is 21.8 Å². The van der Waals surface area contributed by atoms with E-state index < -0.39 is 0 Å². The summed E-state index contributed by atoms with van der Waals surface area (Å²) in [6.45, 7) is 2.27. The average molecular weight is 368 g/mol. The number of rotatable bonds is 0. The van der Waals surface area contributed by atoms with Crippen molar-refractivity contribution in [3.63, 3.8) is 0 Å². The second-order valence-corrected chi connectivity index (χ2v) is 7.40. The Morgan fingerprint density at radius 3 is 2.61 bits per heavy atom. The Balaban J connectivity index is 0.000000122. The van der Waals surface area contributed by atoms with Crippen LogP contribution >= 0.6 is 0 Å². The Labute approximate surface area is 165 Å². The molecule has 2 N–H and O–H groups in total. The summed E-state index contributed by atoms with van der Waals surface area (Å²) in [6, 6.07) is 16.6. The zero-order chi connectivity index (χ0) is 18.8. The van der Waals surface area contributed by atoms with Gasteiger partial charge in [0, 0.05) is 47.6 Å². The second kappa shape index (κ2) is 7.47. The highest BCUT2D eigenvalue weighted by atomic mass is 14.9. The Morgan fingerprint density at radius 2 is 1.61 bits per heavy atom. The van der Waals surface area contributed by atoms with E-state index in [9.17, 15) is 0 Å². The van der Waals surface area contributed by atoms with Crippen LogP contribution in [0.4, 0.5) is 11.4 Å². The number of anilines is 2. The zero-order valence-electron chi connectivity index (χ0n) is 15.9. The highest BCUT2D eigenvalue weighted by Crippen LogP contribution is 2.34. The van der Waals surface area contributed by atoms with Gasteiger partial charge in [-0.05, 0) is 67.1 Å². The molecule has 28 heavy (non-hydrogen) atoms. The first-order valence-electron chi connectivity index (χ1n) is 10.1. The molecule has 140 valence electrons. The summed E-state index contributed by atoms with van der Waals surface area (Å²) in [6.07, 6.45) is 8.64. The van der Waals surface area contributed by atoms with Crippen molar-refractivity contribution >= 4 is 33.2 Å². The molecule has 0 amide bonds. The van der Waals surface area contributed by atoms with Crippen LogP contribution in [-0.4, -0.2) is 23.1 Å². The SMILES string of the molecule is c1cc2c(c3c1CCCN3)CCCN2.c1cnc2c(c1)ccc1ncccc12. The van der Waals surface area contributed by atoms with Crippen molar-refractivity contribution in [3.05, 3.63) is 72.1 Å². The molecule has 2 aliphatic heterocycles. The summed E-state index contributed by atoms with van der Waals surface area (Å²) in [4.78, 5) is 8.66. The van der Waals surface area contributed by atoms with Gasteiger partial charge in [0.25, 0.3) is 0 Å². The van der Waals surface area contributed by atoms with E-state index in [-0.39, 0.29) is 0 Å². The van der Waals surface area contributed by atoms with Crippen molar-refractivity contribution in [2.24, 2.45) is 0 Å². The van der Waals surface area contributed by atoms with Gasteiger partial charge in [0.05, 0.1) is 11.0 Å². The number of nitrogens with zero attached hydrogens (tertiary/aromatic N) is 2. The van der Waals surface area contributed by atoms with Crippen molar-refractivity contribution in [1.82, 2.24) is 9.97 Å². The molecule has 6 rings (SSSR count). The standard InChI is InChI=1S/C12H16N2.C12H8N2/c2*1-3-9-5-6-11-10(4-2-7-13-11)12(9)14-8-1/h5-6,13-14H,1-4,7-8H2;1-8H. The van der Waals surface area contributed by atoms with Crippen molar-refractivity contribution in [3.8, 4) is 0 Å². The number of nitrogens with one attached hydrogen (secondary N) is 2. The topological polar surface area (TPSA) is 49.8 Å². The molecule has 4 heterocycles. The van der Waals surface area contributed by atoms with Crippen LogP contribution in [0, 0.1) is 0 Å². The highest BCUT2D eigenvalue weighted by molar-refractivity contribution is 6.03. The van der Waals surface area contributed by atoms with Gasteiger partial charge in [-0.1, -0.05) is 18.2 Å². The van der Waals surface area contributed by atoms with Crippen LogP contribution < -0.4 is 10.6 Å². The minimum atomic E-state index is 0.999. The first-order valence-corrected chi connectivity index (χ1v) is 10.1. The average Bonchev–Trinajstić information content (AvgIpc) is 2.79. The minimum absolute atomic E-state index is 0.999. The fraction of sp³-hybridized carbons (Fsp3) is 0.250. The third-order valence-corrected chi connectivity index (χ3v) is 5.60. The van der Waals surface area contributed by atoms with Crippen LogP contribution in [0.1, 0.15) is 24.0 Å². The third-order valence-electron chi connectivity index (χ3n) is 5.60. The minimum Gasteiger partial charge on any atom is -0.385 e. The lowest BCUT2D eigenvalue weighted by Crippen LogP contribution is -2.18. The van der Waals surface area contributed by atoms with E-state index in [0.29, 0.717) is 0 Å². The number of fused-ring (bicyclic) bond motifs is 6. The summed E-state index contributed by atoms with van der Waals surface area (Å²) in [5, 5.41) is 9.30. The smallest absolute Gasteiger partial charge is 0.0795 e. The fourth-order valence-electron chi connectivity index (χ4n) is 4.23. The Morgan fingerprint density at radius 1 is 0.750 bits per heavy atom. The van der Waals surface area contributed by atoms with Gasteiger partial charge in [0.1, 0.15) is 0 Å². The molecular weight excluding hydrogens is 344 g/mol.